The molecule has 0 unspecified atom stereocenters. The minimum atomic E-state index is -5.79. The fourth-order valence-electron chi connectivity index (χ4n) is 2.05. The maximum atomic E-state index is 13.9. The molecule has 2 rings (SSSR count). The third-order valence-electron chi connectivity index (χ3n) is 3.36. The normalized spacial score (nSPS) is 12.1. The lowest BCUT2D eigenvalue weighted by Crippen LogP contribution is -2.20. The van der Waals surface area contributed by atoms with E-state index in [1.165, 1.54) is 0 Å². The van der Waals surface area contributed by atoms with Gasteiger partial charge >= 0.3 is 24.3 Å². The summed E-state index contributed by atoms with van der Waals surface area (Å²) in [4.78, 5) is 23.4. The number of halogens is 10. The minimum Gasteiger partial charge on any atom is -0.386 e. The Balaban J connectivity index is 2.44. The van der Waals surface area contributed by atoms with Crippen molar-refractivity contribution in [3.8, 4) is 0 Å². The lowest BCUT2D eigenvalue weighted by Gasteiger charge is -2.13. The van der Waals surface area contributed by atoms with Crippen molar-refractivity contribution in [1.29, 1.82) is 0 Å². The Morgan fingerprint density at radius 2 is 1.24 bits per heavy atom. The Bertz CT molecular complexity index is 992. The van der Waals surface area contributed by atoms with Gasteiger partial charge in [-0.05, 0) is 24.3 Å². The summed E-state index contributed by atoms with van der Waals surface area (Å²) < 4.78 is 134. The number of alkyl halides is 6. The van der Waals surface area contributed by atoms with E-state index in [1.54, 1.807) is 0 Å². The first-order chi connectivity index (χ1) is 13.1. The Hall–Kier alpha value is -3.12. The fourth-order valence-corrected chi connectivity index (χ4v) is 2.05. The number of hydrogen-bond donors (Lipinski definition) is 0. The molecule has 0 bridgehead atoms. The van der Waals surface area contributed by atoms with Crippen LogP contribution >= 0.6 is 0 Å². The Morgan fingerprint density at radius 1 is 0.690 bits per heavy atom. The number of carbonyl (C=O) groups excluding carboxylic acids is 2. The zero-order valence-corrected chi connectivity index (χ0v) is 13.3. The largest absolute Gasteiger partial charge is 0.422 e. The van der Waals surface area contributed by atoms with Crippen LogP contribution in [0, 0.1) is 23.3 Å². The van der Waals surface area contributed by atoms with Crippen molar-refractivity contribution in [2.45, 2.75) is 12.4 Å². The van der Waals surface area contributed by atoms with Crippen LogP contribution in [0.1, 0.15) is 31.8 Å². The summed E-state index contributed by atoms with van der Waals surface area (Å²) in [7, 11) is 0. The van der Waals surface area contributed by atoms with Gasteiger partial charge in [0.15, 0.2) is 17.5 Å². The first kappa shape index (κ1) is 22.2. The van der Waals surface area contributed by atoms with Crippen LogP contribution in [0.5, 0.6) is 0 Å². The van der Waals surface area contributed by atoms with E-state index in [0.717, 1.165) is 0 Å². The summed E-state index contributed by atoms with van der Waals surface area (Å²) >= 11 is 0. The van der Waals surface area contributed by atoms with Crippen LogP contribution < -0.4 is 0 Å². The van der Waals surface area contributed by atoms with E-state index < -0.39 is 69.8 Å². The average Bonchev–Trinajstić information content (AvgIpc) is 2.56. The van der Waals surface area contributed by atoms with Crippen LogP contribution in [0.4, 0.5) is 43.9 Å². The van der Waals surface area contributed by atoms with Crippen LogP contribution in [-0.2, 0) is 17.1 Å². The number of hydrogen-bond acceptors (Lipinski definition) is 3. The predicted molar refractivity (Wildman–Crippen MR) is 72.5 cm³/mol. The molecule has 3 nitrogen and oxygen atoms in total. The fraction of sp³-hybridized carbons (Fsp3) is 0.125. The minimum absolute atomic E-state index is 0.0757. The number of benzene rings is 2. The number of ether oxygens (including phenoxy) is 1. The van der Waals surface area contributed by atoms with E-state index in [1.807, 2.05) is 0 Å². The molecule has 0 amide bonds. The molecule has 0 aliphatic rings. The molecule has 29 heavy (non-hydrogen) atoms. The van der Waals surface area contributed by atoms with Crippen LogP contribution in [0.25, 0.3) is 0 Å². The average molecular weight is 434 g/mol. The van der Waals surface area contributed by atoms with Crippen molar-refractivity contribution in [3.05, 3.63) is 69.8 Å². The van der Waals surface area contributed by atoms with E-state index in [0.29, 0.717) is 0 Å². The van der Waals surface area contributed by atoms with Gasteiger partial charge in [0.05, 0.1) is 16.7 Å². The Morgan fingerprint density at radius 3 is 1.76 bits per heavy atom. The quantitative estimate of drug-likeness (QED) is 0.280. The monoisotopic (exact) mass is 434 g/mol. The lowest BCUT2D eigenvalue weighted by molar-refractivity contribution is -0.143. The van der Waals surface area contributed by atoms with E-state index in [2.05, 4.69) is 4.74 Å². The molecule has 13 heteroatoms. The van der Waals surface area contributed by atoms with Gasteiger partial charge in [0, 0.05) is 0 Å². The second-order valence-corrected chi connectivity index (χ2v) is 5.28. The van der Waals surface area contributed by atoms with Gasteiger partial charge in [0.25, 0.3) is 0 Å². The molecule has 0 aliphatic heterocycles. The van der Waals surface area contributed by atoms with Crippen LogP contribution in [0.3, 0.4) is 0 Å². The topological polar surface area (TPSA) is 43.4 Å². The highest BCUT2D eigenvalue weighted by Gasteiger charge is 2.42. The second-order valence-electron chi connectivity index (χ2n) is 5.28. The van der Waals surface area contributed by atoms with Crippen LogP contribution in [0.2, 0.25) is 0 Å². The summed E-state index contributed by atoms with van der Waals surface area (Å²) in [6.07, 6.45) is -10.8. The molecule has 0 heterocycles. The maximum Gasteiger partial charge on any atom is 0.422 e. The van der Waals surface area contributed by atoms with Gasteiger partial charge in [-0.2, -0.15) is 26.3 Å². The summed E-state index contributed by atoms with van der Waals surface area (Å²) in [5.41, 5.74) is -7.71. The summed E-state index contributed by atoms with van der Waals surface area (Å²) in [5.74, 6) is -13.7. The van der Waals surface area contributed by atoms with E-state index in [-0.39, 0.29) is 24.3 Å². The van der Waals surface area contributed by atoms with Crippen LogP contribution in [0.15, 0.2) is 24.3 Å². The molecular formula is C16H4F10O3. The number of rotatable bonds is 2. The highest BCUT2D eigenvalue weighted by molar-refractivity contribution is 6.03. The van der Waals surface area contributed by atoms with Gasteiger partial charge in [0.2, 0.25) is 0 Å². The van der Waals surface area contributed by atoms with Gasteiger partial charge in [0.1, 0.15) is 11.4 Å². The molecule has 2 aromatic rings. The second kappa shape index (κ2) is 7.37. The van der Waals surface area contributed by atoms with Crippen molar-refractivity contribution in [2.75, 3.05) is 0 Å². The SMILES string of the molecule is O=C(OC(=O)c1cc(F)c(F)c(C(F)(F)F)c1F)c1cc(C(F)(F)F)ccc1F. The highest BCUT2D eigenvalue weighted by atomic mass is 19.4. The van der Waals surface area contributed by atoms with Gasteiger partial charge in [-0.3, -0.25) is 0 Å². The molecule has 0 radical (unpaired) electrons. The third-order valence-corrected chi connectivity index (χ3v) is 3.36. The smallest absolute Gasteiger partial charge is 0.386 e. The standard InChI is InChI=1S/C16H4F10O3/c17-8-2-1-5(15(21,22)23)3-6(8)13(27)29-14(28)7-4-9(18)12(20)10(11(7)19)16(24,25)26/h1-4H. The van der Waals surface area contributed by atoms with Crippen molar-refractivity contribution in [3.63, 3.8) is 0 Å². The molecule has 0 atom stereocenters. The molecule has 156 valence electrons. The Labute approximate surface area is 153 Å². The molecule has 0 spiro atoms. The molecule has 0 fully saturated rings. The highest BCUT2D eigenvalue weighted by Crippen LogP contribution is 2.36. The molecule has 0 N–H and O–H groups in total. The molecule has 0 saturated heterocycles. The zero-order chi connectivity index (χ0) is 22.3. The van der Waals surface area contributed by atoms with Crippen molar-refractivity contribution < 1.29 is 58.2 Å². The predicted octanol–water partition coefficient (Wildman–Crippen LogP) is 5.28. The van der Waals surface area contributed by atoms with Gasteiger partial charge in [-0.25, -0.2) is 27.2 Å². The van der Waals surface area contributed by atoms with Gasteiger partial charge < -0.3 is 4.74 Å². The number of carbonyl (C=O) groups is 2. The van der Waals surface area contributed by atoms with Gasteiger partial charge in [-0.15, -0.1) is 0 Å². The first-order valence-corrected chi connectivity index (χ1v) is 7.02. The molecule has 0 aliphatic carbocycles. The van der Waals surface area contributed by atoms with Crippen molar-refractivity contribution >= 4 is 11.9 Å². The molecule has 0 aromatic heterocycles. The Kier molecular flexibility index (Phi) is 5.63. The maximum absolute atomic E-state index is 13.9. The third kappa shape index (κ3) is 4.49. The van der Waals surface area contributed by atoms with E-state index >= 15 is 0 Å². The van der Waals surface area contributed by atoms with E-state index in [9.17, 15) is 53.5 Å². The molecule has 2 aromatic carbocycles. The number of esters is 2. The summed E-state index contributed by atoms with van der Waals surface area (Å²) in [6, 6.07) is -0.0198. The van der Waals surface area contributed by atoms with E-state index in [4.69, 9.17) is 0 Å². The summed E-state index contributed by atoms with van der Waals surface area (Å²) in [5, 5.41) is 0. The molecular weight excluding hydrogens is 430 g/mol. The van der Waals surface area contributed by atoms with Crippen LogP contribution in [-0.4, -0.2) is 11.9 Å². The van der Waals surface area contributed by atoms with Crippen molar-refractivity contribution in [2.24, 2.45) is 0 Å². The van der Waals surface area contributed by atoms with Gasteiger partial charge in [-0.1, -0.05) is 0 Å². The summed E-state index contributed by atoms with van der Waals surface area (Å²) in [6.45, 7) is 0. The van der Waals surface area contributed by atoms with Crippen molar-refractivity contribution in [1.82, 2.24) is 0 Å². The molecule has 0 saturated carbocycles. The lowest BCUT2D eigenvalue weighted by atomic mass is 10.1. The zero-order valence-electron chi connectivity index (χ0n) is 13.3. The first-order valence-electron chi connectivity index (χ1n) is 7.02.